The van der Waals surface area contributed by atoms with E-state index in [9.17, 15) is 19.2 Å². The number of rotatable bonds is 17. The number of methoxy groups -OCH3 is 2. The number of fused-ring (bicyclic) bond motifs is 2. The van der Waals surface area contributed by atoms with Gasteiger partial charge in [0.05, 0.1) is 43.1 Å². The number of halogens is 2. The Morgan fingerprint density at radius 1 is 0.812 bits per heavy atom. The van der Waals surface area contributed by atoms with Crippen molar-refractivity contribution in [2.24, 2.45) is 17.8 Å². The first-order valence-corrected chi connectivity index (χ1v) is 17.2. The summed E-state index contributed by atoms with van der Waals surface area (Å²) in [4.78, 5) is 49.2. The quantitative estimate of drug-likeness (QED) is 0.0858. The molecule has 1 aliphatic carbocycles. The number of ether oxygens (including phenoxy) is 4. The Labute approximate surface area is 283 Å². The van der Waals surface area contributed by atoms with Crippen LogP contribution in [0.5, 0.6) is 23.0 Å². The number of carboxylic acids is 1. The molecule has 2 aromatic carbocycles. The largest absolute Gasteiger partial charge is 0.493 e. The molecule has 0 radical (unpaired) electrons. The number of carbonyl (C=O) groups excluding carboxylic acids is 3. The number of ketones is 3. The molecule has 0 unspecified atom stereocenters. The van der Waals surface area contributed by atoms with Crippen LogP contribution in [-0.2, 0) is 9.59 Å². The van der Waals surface area contributed by atoms with Crippen LogP contribution in [0.15, 0.2) is 24.3 Å². The number of carboxylic acid groups (broad SMARTS) is 1. The van der Waals surface area contributed by atoms with Gasteiger partial charge in [0, 0.05) is 50.6 Å². The van der Waals surface area contributed by atoms with Gasteiger partial charge in [0.25, 0.3) is 0 Å². The molecule has 48 heavy (non-hydrogen) atoms. The van der Waals surface area contributed by atoms with Gasteiger partial charge in [-0.05, 0) is 51.2 Å². The van der Waals surface area contributed by atoms with Crippen molar-refractivity contribution >= 4 is 66.2 Å². The second kappa shape index (κ2) is 15.0. The molecule has 3 atom stereocenters. The normalized spacial score (nSPS) is 16.4. The number of hydrogen-bond donors (Lipinski definition) is 1. The molecule has 1 saturated carbocycles. The zero-order chi connectivity index (χ0) is 34.7. The average molecular weight is 703 g/mol. The second-order valence-electron chi connectivity index (χ2n) is 11.9. The first-order valence-electron chi connectivity index (χ1n) is 15.6. The van der Waals surface area contributed by atoms with E-state index < -0.39 is 23.5 Å². The predicted molar refractivity (Wildman–Crippen MR) is 178 cm³/mol. The zero-order valence-electron chi connectivity index (χ0n) is 27.0. The Hall–Kier alpha value is -4.10. The summed E-state index contributed by atoms with van der Waals surface area (Å²) in [5, 5.41) is 9.56. The van der Waals surface area contributed by atoms with Crippen LogP contribution >= 0.6 is 22.7 Å². The smallest absolute Gasteiger partial charge is 0.306 e. The van der Waals surface area contributed by atoms with Gasteiger partial charge in [-0.3, -0.25) is 19.2 Å². The Morgan fingerprint density at radius 3 is 1.77 bits per heavy atom. The van der Waals surface area contributed by atoms with E-state index in [1.165, 1.54) is 51.5 Å². The Morgan fingerprint density at radius 2 is 1.31 bits per heavy atom. The zero-order valence-corrected chi connectivity index (χ0v) is 28.6. The maximum Gasteiger partial charge on any atom is 0.306 e. The van der Waals surface area contributed by atoms with E-state index >= 15 is 8.78 Å². The fraction of sp³-hybridized carbons (Fsp3) is 0.429. The van der Waals surface area contributed by atoms with Crippen LogP contribution in [0, 0.1) is 29.4 Å². The molecule has 1 N–H and O–H groups in total. The summed E-state index contributed by atoms with van der Waals surface area (Å²) in [5.41, 5.74) is 0. The maximum absolute atomic E-state index is 15.6. The van der Waals surface area contributed by atoms with Gasteiger partial charge in [-0.1, -0.05) is 6.92 Å². The molecule has 2 aromatic heterocycles. The number of aliphatic carboxylic acids is 1. The second-order valence-corrected chi connectivity index (χ2v) is 14.0. The third kappa shape index (κ3) is 7.17. The Balaban J connectivity index is 1.16. The lowest BCUT2D eigenvalue weighted by Gasteiger charge is -2.33. The van der Waals surface area contributed by atoms with Crippen LogP contribution in [0.2, 0.25) is 0 Å². The molecule has 2 heterocycles. The van der Waals surface area contributed by atoms with Crippen LogP contribution in [0.4, 0.5) is 8.78 Å². The molecule has 13 heteroatoms. The van der Waals surface area contributed by atoms with Gasteiger partial charge in [-0.25, -0.2) is 8.78 Å². The number of carbonyl (C=O) groups is 4. The topological polar surface area (TPSA) is 125 Å². The number of thiophene rings is 2. The van der Waals surface area contributed by atoms with E-state index in [1.54, 1.807) is 12.1 Å². The Kier molecular flexibility index (Phi) is 11.0. The molecule has 9 nitrogen and oxygen atoms in total. The highest BCUT2D eigenvalue weighted by molar-refractivity contribution is 7.21. The lowest BCUT2D eigenvalue weighted by Crippen LogP contribution is -2.36. The average Bonchev–Trinajstić information content (AvgIpc) is 3.66. The number of benzene rings is 2. The third-order valence-corrected chi connectivity index (χ3v) is 10.9. The standard InChI is InChI=1S/C35H36F2O9S2/c1-17(35(41)42)12-23(39)28-13-21-26(47-28)15-24(43-3)33(30(21)36)45-10-6-5-7-11-46-34-25(44-4)16-27-22(31(34)37)14-29(48-27)32(40)20-9-8-19(20)18(2)38/h13-17,19-20H,5-12H2,1-4H3,(H,41,42)/t17-,19-,20+/m0/s1. The van der Waals surface area contributed by atoms with Crippen molar-refractivity contribution < 1.29 is 52.0 Å². The number of unbranched alkanes of at least 4 members (excludes halogenated alkanes) is 2. The van der Waals surface area contributed by atoms with Gasteiger partial charge in [0.1, 0.15) is 5.78 Å². The Bertz CT molecular complexity index is 1880. The highest BCUT2D eigenvalue weighted by atomic mass is 32.1. The van der Waals surface area contributed by atoms with Gasteiger partial charge in [-0.2, -0.15) is 0 Å². The minimum atomic E-state index is -1.08. The van der Waals surface area contributed by atoms with Gasteiger partial charge in [0.15, 0.2) is 46.2 Å². The minimum absolute atomic E-state index is 0.00240. The number of Topliss-reactive ketones (excluding diaryl/α,β-unsaturated/α-hetero) is 3. The molecule has 5 rings (SSSR count). The van der Waals surface area contributed by atoms with Crippen molar-refractivity contribution in [2.45, 2.75) is 52.4 Å². The van der Waals surface area contributed by atoms with Crippen molar-refractivity contribution in [3.8, 4) is 23.0 Å². The molecule has 0 bridgehead atoms. The van der Waals surface area contributed by atoms with Gasteiger partial charge in [-0.15, -0.1) is 22.7 Å². The molecule has 1 aliphatic rings. The SMILES string of the molecule is COc1cc2sc(C(=O)C[C@H](C)C(=O)O)cc2c(F)c1OCCCCCOc1c(OC)cc2sc(C(=O)[C@@H]3CC[C@H]3C(C)=O)cc2c1F. The van der Waals surface area contributed by atoms with Crippen molar-refractivity contribution in [1.82, 2.24) is 0 Å². The molecular weight excluding hydrogens is 667 g/mol. The molecule has 0 spiro atoms. The van der Waals surface area contributed by atoms with Crippen LogP contribution < -0.4 is 18.9 Å². The van der Waals surface area contributed by atoms with Crippen molar-refractivity contribution in [1.29, 1.82) is 0 Å². The number of hydrogen-bond acceptors (Lipinski definition) is 10. The minimum Gasteiger partial charge on any atom is -0.493 e. The molecule has 1 fully saturated rings. The third-order valence-electron chi connectivity index (χ3n) is 8.65. The van der Waals surface area contributed by atoms with E-state index in [4.69, 9.17) is 24.1 Å². The fourth-order valence-corrected chi connectivity index (χ4v) is 7.83. The summed E-state index contributed by atoms with van der Waals surface area (Å²) in [6.45, 7) is 3.27. The van der Waals surface area contributed by atoms with Crippen LogP contribution in [-0.4, -0.2) is 55.9 Å². The monoisotopic (exact) mass is 702 g/mol. The first-order chi connectivity index (χ1) is 22.9. The maximum atomic E-state index is 15.6. The van der Waals surface area contributed by atoms with E-state index in [2.05, 4.69) is 0 Å². The predicted octanol–water partition coefficient (Wildman–Crippen LogP) is 8.13. The summed E-state index contributed by atoms with van der Waals surface area (Å²) in [7, 11) is 2.80. The molecule has 0 saturated heterocycles. The van der Waals surface area contributed by atoms with E-state index in [0.717, 1.165) is 11.3 Å². The summed E-state index contributed by atoms with van der Waals surface area (Å²) < 4.78 is 54.4. The molecule has 0 amide bonds. The molecule has 256 valence electrons. The van der Waals surface area contributed by atoms with Gasteiger partial charge >= 0.3 is 5.97 Å². The van der Waals surface area contributed by atoms with Gasteiger partial charge < -0.3 is 24.1 Å². The summed E-state index contributed by atoms with van der Waals surface area (Å²) in [6, 6.07) is 6.17. The first kappa shape index (κ1) is 35.2. The summed E-state index contributed by atoms with van der Waals surface area (Å²) in [6.07, 6.45) is 2.83. The summed E-state index contributed by atoms with van der Waals surface area (Å²) >= 11 is 2.24. The van der Waals surface area contributed by atoms with E-state index in [0.29, 0.717) is 46.4 Å². The lowest BCUT2D eigenvalue weighted by atomic mass is 9.69. The summed E-state index contributed by atoms with van der Waals surface area (Å²) in [5.74, 6) is -4.13. The molecule has 4 aromatic rings. The molecular formula is C35H36F2O9S2. The molecule has 0 aliphatic heterocycles. The van der Waals surface area contributed by atoms with E-state index in [-0.39, 0.29) is 87.5 Å². The van der Waals surface area contributed by atoms with Crippen LogP contribution in [0.1, 0.15) is 71.7 Å². The van der Waals surface area contributed by atoms with Crippen LogP contribution in [0.25, 0.3) is 20.2 Å². The highest BCUT2D eigenvalue weighted by Crippen LogP contribution is 2.44. The van der Waals surface area contributed by atoms with Crippen molar-refractivity contribution in [3.05, 3.63) is 45.7 Å². The van der Waals surface area contributed by atoms with E-state index in [1.807, 2.05) is 0 Å². The van der Waals surface area contributed by atoms with Crippen molar-refractivity contribution in [3.63, 3.8) is 0 Å². The lowest BCUT2D eigenvalue weighted by molar-refractivity contribution is -0.141. The highest BCUT2D eigenvalue weighted by Gasteiger charge is 2.40. The fourth-order valence-electron chi connectivity index (χ4n) is 5.71. The van der Waals surface area contributed by atoms with Crippen LogP contribution in [0.3, 0.4) is 0 Å². The van der Waals surface area contributed by atoms with Crippen molar-refractivity contribution in [2.75, 3.05) is 27.4 Å². The van der Waals surface area contributed by atoms with Gasteiger partial charge in [0.2, 0.25) is 0 Å².